The van der Waals surface area contributed by atoms with Crippen LogP contribution in [-0.2, 0) is 15.0 Å². The van der Waals surface area contributed by atoms with E-state index in [0.29, 0.717) is 11.9 Å². The van der Waals surface area contributed by atoms with Crippen LogP contribution in [0.5, 0.6) is 0 Å². The van der Waals surface area contributed by atoms with E-state index >= 15 is 0 Å². The molecular weight excluding hydrogens is 334 g/mol. The second-order valence-electron chi connectivity index (χ2n) is 8.89. The molecule has 0 fully saturated rings. The predicted octanol–water partition coefficient (Wildman–Crippen LogP) is 3.61. The highest BCUT2D eigenvalue weighted by Crippen LogP contribution is 2.38. The number of carbonyl (C=O) groups excluding carboxylic acids is 2. The number of hydrogen-bond donors (Lipinski definition) is 1. The van der Waals surface area contributed by atoms with E-state index in [1.54, 1.807) is 6.08 Å². The molecule has 1 aliphatic carbocycles. The topological polar surface area (TPSA) is 38.6 Å². The fraction of sp³-hybridized carbons (Fsp3) is 0.333. The van der Waals surface area contributed by atoms with Crippen molar-refractivity contribution < 1.29 is 14.5 Å². The van der Waals surface area contributed by atoms with Crippen molar-refractivity contribution in [3.63, 3.8) is 0 Å². The molecule has 1 aromatic carbocycles. The second kappa shape index (κ2) is 6.58. The van der Waals surface area contributed by atoms with Crippen LogP contribution in [0.15, 0.2) is 71.0 Å². The van der Waals surface area contributed by atoms with Gasteiger partial charge in [-0.05, 0) is 55.2 Å². The molecule has 3 rings (SSSR count). The number of quaternary nitrogens is 1. The minimum Gasteiger partial charge on any atom is -0.298 e. The van der Waals surface area contributed by atoms with Crippen molar-refractivity contribution in [2.75, 3.05) is 7.05 Å². The lowest BCUT2D eigenvalue weighted by Gasteiger charge is -2.24. The Morgan fingerprint density at radius 3 is 2.30 bits per heavy atom. The molecule has 1 aliphatic heterocycles. The van der Waals surface area contributed by atoms with E-state index in [4.69, 9.17) is 0 Å². The van der Waals surface area contributed by atoms with Crippen LogP contribution < -0.4 is 4.90 Å². The van der Waals surface area contributed by atoms with Crippen LogP contribution in [0.3, 0.4) is 0 Å². The molecule has 1 unspecified atom stereocenters. The number of hydrogen-bond acceptors (Lipinski definition) is 2. The summed E-state index contributed by atoms with van der Waals surface area (Å²) in [5, 5.41) is 0. The number of para-hydroxylation sites is 1. The Morgan fingerprint density at radius 1 is 1.04 bits per heavy atom. The van der Waals surface area contributed by atoms with Gasteiger partial charge in [0.1, 0.15) is 11.4 Å². The first-order valence-electron chi connectivity index (χ1n) is 9.37. The SMILES string of the molecule is C[NH+]1C(=CC=C2C=C(C(C)(C)C)C=C(C=O)C2=O)C(C)(C)c2ccccc21. The Kier molecular flexibility index (Phi) is 4.69. The van der Waals surface area contributed by atoms with Crippen LogP contribution in [0.4, 0.5) is 5.69 Å². The molecule has 140 valence electrons. The molecule has 27 heavy (non-hydrogen) atoms. The van der Waals surface area contributed by atoms with Gasteiger partial charge in [-0.1, -0.05) is 39.0 Å². The third-order valence-corrected chi connectivity index (χ3v) is 5.65. The molecule has 0 amide bonds. The van der Waals surface area contributed by atoms with E-state index < -0.39 is 0 Å². The van der Waals surface area contributed by atoms with Gasteiger partial charge < -0.3 is 0 Å². The summed E-state index contributed by atoms with van der Waals surface area (Å²) in [6.45, 7) is 10.7. The van der Waals surface area contributed by atoms with E-state index in [1.165, 1.54) is 21.8 Å². The number of Topliss-reactive ketones (excluding diaryl/α,β-unsaturated/α-hetero) is 1. The number of rotatable bonds is 2. The Morgan fingerprint density at radius 2 is 1.70 bits per heavy atom. The highest BCUT2D eigenvalue weighted by Gasteiger charge is 2.43. The van der Waals surface area contributed by atoms with Gasteiger partial charge in [-0.15, -0.1) is 0 Å². The zero-order chi connectivity index (χ0) is 20.0. The van der Waals surface area contributed by atoms with Gasteiger partial charge in [0.05, 0.1) is 18.0 Å². The molecule has 0 aromatic heterocycles. The van der Waals surface area contributed by atoms with Crippen LogP contribution in [0.2, 0.25) is 0 Å². The largest absolute Gasteiger partial charge is 0.298 e. The summed E-state index contributed by atoms with van der Waals surface area (Å²) in [6, 6.07) is 8.45. The minimum absolute atomic E-state index is 0.116. The number of carbonyl (C=O) groups is 2. The number of fused-ring (bicyclic) bond motifs is 1. The van der Waals surface area contributed by atoms with Crippen LogP contribution in [0, 0.1) is 5.41 Å². The van der Waals surface area contributed by atoms with Gasteiger partial charge in [-0.25, -0.2) is 0 Å². The molecule has 0 spiro atoms. The van der Waals surface area contributed by atoms with Gasteiger partial charge >= 0.3 is 0 Å². The maximum Gasteiger partial charge on any atom is 0.196 e. The maximum absolute atomic E-state index is 12.6. The molecule has 1 heterocycles. The Labute approximate surface area is 161 Å². The van der Waals surface area contributed by atoms with Gasteiger partial charge in [-0.2, -0.15) is 0 Å². The van der Waals surface area contributed by atoms with Crippen molar-refractivity contribution in [2.24, 2.45) is 5.41 Å². The first kappa shape index (κ1) is 19.2. The maximum atomic E-state index is 12.6. The van der Waals surface area contributed by atoms with Crippen molar-refractivity contribution >= 4 is 17.8 Å². The van der Waals surface area contributed by atoms with Crippen LogP contribution in [0.25, 0.3) is 0 Å². The van der Waals surface area contributed by atoms with E-state index in [1.807, 2.05) is 18.2 Å². The highest BCUT2D eigenvalue weighted by molar-refractivity contribution is 6.22. The van der Waals surface area contributed by atoms with Crippen LogP contribution in [0.1, 0.15) is 40.2 Å². The molecule has 0 saturated heterocycles. The summed E-state index contributed by atoms with van der Waals surface area (Å²) in [7, 11) is 2.13. The normalized spacial score (nSPS) is 24.7. The number of allylic oxidation sites excluding steroid dienone is 8. The summed E-state index contributed by atoms with van der Waals surface area (Å²) >= 11 is 0. The van der Waals surface area contributed by atoms with E-state index in [9.17, 15) is 9.59 Å². The number of ketones is 1. The summed E-state index contributed by atoms with van der Waals surface area (Å²) in [5.74, 6) is -0.208. The molecule has 0 bridgehead atoms. The second-order valence-corrected chi connectivity index (χ2v) is 8.89. The molecule has 3 nitrogen and oxygen atoms in total. The van der Waals surface area contributed by atoms with E-state index in [2.05, 4.69) is 65.9 Å². The number of aldehydes is 1. The quantitative estimate of drug-likeness (QED) is 0.496. The molecule has 3 heteroatoms. The van der Waals surface area contributed by atoms with E-state index in [-0.39, 0.29) is 22.2 Å². The lowest BCUT2D eigenvalue weighted by Crippen LogP contribution is -3.01. The summed E-state index contributed by atoms with van der Waals surface area (Å²) in [4.78, 5) is 25.3. The molecule has 2 aliphatic rings. The smallest absolute Gasteiger partial charge is 0.196 e. The van der Waals surface area contributed by atoms with Crippen LogP contribution >= 0.6 is 0 Å². The van der Waals surface area contributed by atoms with Crippen molar-refractivity contribution in [2.45, 2.75) is 40.0 Å². The Hall–Kier alpha value is -2.52. The average Bonchev–Trinajstić information content (AvgIpc) is 2.80. The summed E-state index contributed by atoms with van der Waals surface area (Å²) < 4.78 is 0. The summed E-state index contributed by atoms with van der Waals surface area (Å²) in [5.41, 5.74) is 5.31. The highest BCUT2D eigenvalue weighted by atomic mass is 16.1. The molecule has 1 N–H and O–H groups in total. The van der Waals surface area contributed by atoms with E-state index in [0.717, 1.165) is 5.57 Å². The fourth-order valence-corrected chi connectivity index (χ4v) is 3.94. The molecule has 0 radical (unpaired) electrons. The Balaban J connectivity index is 2.07. The molecular formula is C24H28NO2+. The third-order valence-electron chi connectivity index (χ3n) is 5.65. The zero-order valence-electron chi connectivity index (χ0n) is 17.0. The zero-order valence-corrected chi connectivity index (χ0v) is 17.0. The number of nitrogens with one attached hydrogen (secondary N) is 1. The van der Waals surface area contributed by atoms with Gasteiger partial charge in [0.2, 0.25) is 0 Å². The standard InChI is InChI=1S/C24H27NO2/c1-23(2,3)18-13-16(22(27)17(14-18)15-26)11-12-21-24(4,5)19-9-7-8-10-20(19)25(21)6/h7-15H,1-6H3/p+1. The Bertz CT molecular complexity index is 933. The van der Waals surface area contributed by atoms with Crippen molar-refractivity contribution in [1.82, 2.24) is 0 Å². The third kappa shape index (κ3) is 3.28. The average molecular weight is 362 g/mol. The van der Waals surface area contributed by atoms with Crippen molar-refractivity contribution in [3.8, 4) is 0 Å². The molecule has 0 saturated carbocycles. The van der Waals surface area contributed by atoms with Crippen LogP contribution in [-0.4, -0.2) is 19.1 Å². The van der Waals surface area contributed by atoms with Gasteiger partial charge in [0, 0.05) is 11.1 Å². The monoisotopic (exact) mass is 362 g/mol. The first-order chi connectivity index (χ1) is 12.6. The van der Waals surface area contributed by atoms with Gasteiger partial charge in [0.15, 0.2) is 12.1 Å². The first-order valence-corrected chi connectivity index (χ1v) is 9.37. The van der Waals surface area contributed by atoms with Gasteiger partial charge in [-0.3, -0.25) is 14.5 Å². The fourth-order valence-electron chi connectivity index (χ4n) is 3.94. The lowest BCUT2D eigenvalue weighted by atomic mass is 9.80. The minimum atomic E-state index is -0.208. The number of likely N-dealkylation sites (N-methyl/N-ethyl adjacent to an activating group) is 1. The predicted molar refractivity (Wildman–Crippen MR) is 109 cm³/mol. The summed E-state index contributed by atoms with van der Waals surface area (Å²) in [6.07, 6.45) is 8.21. The molecule has 1 aromatic rings. The lowest BCUT2D eigenvalue weighted by molar-refractivity contribution is -0.764. The number of benzene rings is 1. The van der Waals surface area contributed by atoms with Gasteiger partial charge in [0.25, 0.3) is 0 Å². The van der Waals surface area contributed by atoms with Crippen molar-refractivity contribution in [1.29, 1.82) is 0 Å². The van der Waals surface area contributed by atoms with Crippen molar-refractivity contribution in [3.05, 3.63) is 76.5 Å². The molecule has 1 atom stereocenters.